The van der Waals surface area contributed by atoms with Crippen LogP contribution in [0.3, 0.4) is 0 Å². The van der Waals surface area contributed by atoms with Crippen LogP contribution in [0.2, 0.25) is 5.02 Å². The summed E-state index contributed by atoms with van der Waals surface area (Å²) >= 11 is 11.1. The third-order valence-corrected chi connectivity index (χ3v) is 3.31. The topological polar surface area (TPSA) is 45.6 Å². The van der Waals surface area contributed by atoms with E-state index in [9.17, 15) is 0 Å². The zero-order valence-corrected chi connectivity index (χ0v) is 13.6. The lowest BCUT2D eigenvalue weighted by atomic mass is 10.2. The van der Waals surface area contributed by atoms with Crippen molar-refractivity contribution in [2.75, 3.05) is 7.11 Å². The fourth-order valence-electron chi connectivity index (χ4n) is 1.72. The summed E-state index contributed by atoms with van der Waals surface area (Å²) in [5.41, 5.74) is 4.77. The lowest BCUT2D eigenvalue weighted by molar-refractivity contribution is 0.414. The SMILES string of the molecule is COc1ccc(CNC(=S)N/N=C\c2cccc(Cl)c2)cc1. The van der Waals surface area contributed by atoms with E-state index in [1.165, 1.54) is 0 Å². The third kappa shape index (κ3) is 5.35. The molecule has 0 heterocycles. The summed E-state index contributed by atoms with van der Waals surface area (Å²) in [4.78, 5) is 0. The zero-order valence-electron chi connectivity index (χ0n) is 12.0. The highest BCUT2D eigenvalue weighted by Gasteiger charge is 1.96. The quantitative estimate of drug-likeness (QED) is 0.500. The number of thiocarbonyl (C=S) groups is 1. The molecule has 2 N–H and O–H groups in total. The maximum atomic E-state index is 5.90. The van der Waals surface area contributed by atoms with Crippen molar-refractivity contribution >= 4 is 35.1 Å². The van der Waals surface area contributed by atoms with Crippen molar-refractivity contribution in [3.8, 4) is 5.75 Å². The summed E-state index contributed by atoms with van der Waals surface area (Å²) in [6.07, 6.45) is 1.66. The largest absolute Gasteiger partial charge is 0.497 e. The standard InChI is InChI=1S/C16H16ClN3OS/c1-21-15-7-5-12(6-8-15)10-18-16(22)20-19-11-13-3-2-4-14(17)9-13/h2-9,11H,10H2,1H3,(H2,18,20,22)/b19-11-. The van der Waals surface area contributed by atoms with Gasteiger partial charge in [0.15, 0.2) is 5.11 Å². The van der Waals surface area contributed by atoms with E-state index in [1.54, 1.807) is 13.3 Å². The minimum Gasteiger partial charge on any atom is -0.497 e. The highest BCUT2D eigenvalue weighted by molar-refractivity contribution is 7.80. The Morgan fingerprint density at radius 3 is 2.73 bits per heavy atom. The maximum Gasteiger partial charge on any atom is 0.187 e. The number of hydrazone groups is 1. The minimum atomic E-state index is 0.453. The molecule has 0 amide bonds. The van der Waals surface area contributed by atoms with Crippen LogP contribution in [-0.2, 0) is 6.54 Å². The van der Waals surface area contributed by atoms with Crippen molar-refractivity contribution in [2.45, 2.75) is 6.54 Å². The van der Waals surface area contributed by atoms with Crippen LogP contribution < -0.4 is 15.5 Å². The van der Waals surface area contributed by atoms with Crippen molar-refractivity contribution < 1.29 is 4.74 Å². The molecule has 22 heavy (non-hydrogen) atoms. The van der Waals surface area contributed by atoms with Gasteiger partial charge in [-0.2, -0.15) is 5.10 Å². The van der Waals surface area contributed by atoms with Crippen molar-refractivity contribution in [1.29, 1.82) is 0 Å². The van der Waals surface area contributed by atoms with E-state index in [2.05, 4.69) is 15.8 Å². The fourth-order valence-corrected chi connectivity index (χ4v) is 2.04. The summed E-state index contributed by atoms with van der Waals surface area (Å²) in [6, 6.07) is 15.2. The summed E-state index contributed by atoms with van der Waals surface area (Å²) in [5.74, 6) is 0.829. The molecule has 0 aliphatic rings. The van der Waals surface area contributed by atoms with E-state index >= 15 is 0 Å². The first-order chi connectivity index (χ1) is 10.7. The van der Waals surface area contributed by atoms with E-state index in [4.69, 9.17) is 28.6 Å². The first-order valence-corrected chi connectivity index (χ1v) is 7.41. The van der Waals surface area contributed by atoms with Crippen LogP contribution in [0.25, 0.3) is 0 Å². The van der Waals surface area contributed by atoms with E-state index in [1.807, 2.05) is 48.5 Å². The predicted molar refractivity (Wildman–Crippen MR) is 94.6 cm³/mol. The molecular formula is C16H16ClN3OS. The second-order valence-corrected chi connectivity index (χ2v) is 5.30. The predicted octanol–water partition coefficient (Wildman–Crippen LogP) is 3.35. The first-order valence-electron chi connectivity index (χ1n) is 6.63. The molecule has 0 unspecified atom stereocenters. The lowest BCUT2D eigenvalue weighted by Crippen LogP contribution is -2.31. The fraction of sp³-hybridized carbons (Fsp3) is 0.125. The zero-order chi connectivity index (χ0) is 15.8. The molecule has 0 spiro atoms. The van der Waals surface area contributed by atoms with E-state index < -0.39 is 0 Å². The summed E-state index contributed by atoms with van der Waals surface area (Å²) in [7, 11) is 1.64. The highest BCUT2D eigenvalue weighted by atomic mass is 35.5. The van der Waals surface area contributed by atoms with Gasteiger partial charge in [-0.25, -0.2) is 0 Å². The molecule has 2 aromatic carbocycles. The Balaban J connectivity index is 1.77. The van der Waals surface area contributed by atoms with E-state index in [0.29, 0.717) is 16.7 Å². The Hall–Kier alpha value is -2.11. The molecule has 6 heteroatoms. The van der Waals surface area contributed by atoms with Crippen LogP contribution >= 0.6 is 23.8 Å². The van der Waals surface area contributed by atoms with Gasteiger partial charge in [0.1, 0.15) is 5.75 Å². The number of ether oxygens (including phenoxy) is 1. The van der Waals surface area contributed by atoms with E-state index in [-0.39, 0.29) is 0 Å². The first kappa shape index (κ1) is 16.3. The van der Waals surface area contributed by atoms with Gasteiger partial charge in [-0.15, -0.1) is 0 Å². The van der Waals surface area contributed by atoms with Crippen molar-refractivity contribution in [2.24, 2.45) is 5.10 Å². The molecule has 0 aliphatic carbocycles. The van der Waals surface area contributed by atoms with Gasteiger partial charge in [0.25, 0.3) is 0 Å². The number of hydrogen-bond donors (Lipinski definition) is 2. The van der Waals surface area contributed by atoms with Crippen molar-refractivity contribution in [3.05, 3.63) is 64.7 Å². The van der Waals surface area contributed by atoms with Gasteiger partial charge in [-0.05, 0) is 47.6 Å². The molecule has 0 fully saturated rings. The second-order valence-electron chi connectivity index (χ2n) is 4.46. The lowest BCUT2D eigenvalue weighted by Gasteiger charge is -2.07. The maximum absolute atomic E-state index is 5.90. The van der Waals surface area contributed by atoms with Gasteiger partial charge >= 0.3 is 0 Å². The highest BCUT2D eigenvalue weighted by Crippen LogP contribution is 2.11. The number of benzene rings is 2. The van der Waals surface area contributed by atoms with Crippen LogP contribution in [0, 0.1) is 0 Å². The molecule has 114 valence electrons. The normalized spacial score (nSPS) is 10.5. The molecule has 4 nitrogen and oxygen atoms in total. The number of methoxy groups -OCH3 is 1. The third-order valence-electron chi connectivity index (χ3n) is 2.84. The number of nitrogens with zero attached hydrogens (tertiary/aromatic N) is 1. The average Bonchev–Trinajstić information content (AvgIpc) is 2.53. The number of halogens is 1. The molecule has 0 aromatic heterocycles. The number of nitrogens with one attached hydrogen (secondary N) is 2. The van der Waals surface area contributed by atoms with Crippen LogP contribution in [0.1, 0.15) is 11.1 Å². The Labute approximate surface area is 140 Å². The van der Waals surface area contributed by atoms with Crippen LogP contribution in [0.5, 0.6) is 5.75 Å². The Kier molecular flexibility index (Phi) is 6.18. The number of hydrogen-bond acceptors (Lipinski definition) is 3. The average molecular weight is 334 g/mol. The second kappa shape index (κ2) is 8.36. The van der Waals surface area contributed by atoms with E-state index in [0.717, 1.165) is 16.9 Å². The van der Waals surface area contributed by atoms with Crippen LogP contribution in [-0.4, -0.2) is 18.4 Å². The molecule has 0 aliphatic heterocycles. The van der Waals surface area contributed by atoms with Gasteiger partial charge in [-0.1, -0.05) is 35.9 Å². The molecule has 0 atom stereocenters. The molecule has 2 aromatic rings. The monoisotopic (exact) mass is 333 g/mol. The smallest absolute Gasteiger partial charge is 0.187 e. The van der Waals surface area contributed by atoms with Gasteiger partial charge in [-0.3, -0.25) is 5.43 Å². The van der Waals surface area contributed by atoms with Crippen LogP contribution in [0.15, 0.2) is 53.6 Å². The van der Waals surface area contributed by atoms with Crippen molar-refractivity contribution in [3.63, 3.8) is 0 Å². The molecule has 2 rings (SSSR count). The van der Waals surface area contributed by atoms with Crippen molar-refractivity contribution in [1.82, 2.24) is 10.7 Å². The summed E-state index contributed by atoms with van der Waals surface area (Å²) in [6.45, 7) is 0.614. The van der Waals surface area contributed by atoms with Crippen LogP contribution in [0.4, 0.5) is 0 Å². The van der Waals surface area contributed by atoms with Gasteiger partial charge in [0.2, 0.25) is 0 Å². The Bertz CT molecular complexity index is 659. The Morgan fingerprint density at radius 1 is 1.27 bits per heavy atom. The molecule has 0 bridgehead atoms. The summed E-state index contributed by atoms with van der Waals surface area (Å²) in [5, 5.41) is 8.26. The number of rotatable bonds is 5. The summed E-state index contributed by atoms with van der Waals surface area (Å²) < 4.78 is 5.11. The Morgan fingerprint density at radius 2 is 2.05 bits per heavy atom. The molecule has 0 saturated carbocycles. The van der Waals surface area contributed by atoms with Gasteiger partial charge in [0, 0.05) is 11.6 Å². The minimum absolute atomic E-state index is 0.453. The molecule has 0 saturated heterocycles. The molecular weight excluding hydrogens is 318 g/mol. The molecule has 0 radical (unpaired) electrons. The van der Waals surface area contributed by atoms with Gasteiger partial charge < -0.3 is 10.1 Å². The van der Waals surface area contributed by atoms with Gasteiger partial charge in [0.05, 0.1) is 13.3 Å².